The summed E-state index contributed by atoms with van der Waals surface area (Å²) >= 11 is 0. The normalized spacial score (nSPS) is 55.2. The van der Waals surface area contributed by atoms with Crippen LogP contribution in [-0.2, 0) is 9.53 Å². The first-order valence-corrected chi connectivity index (χ1v) is 8.80. The average molecular weight is 276 g/mol. The molecule has 0 N–H and O–H groups in total. The fourth-order valence-corrected chi connectivity index (χ4v) is 6.81. The van der Waals surface area contributed by atoms with Crippen molar-refractivity contribution in [3.8, 4) is 0 Å². The van der Waals surface area contributed by atoms with Crippen LogP contribution in [0.4, 0.5) is 0 Å². The van der Waals surface area contributed by atoms with Crippen LogP contribution in [0.3, 0.4) is 0 Å². The smallest absolute Gasteiger partial charge is 0.309 e. The minimum Gasteiger partial charge on any atom is -0.465 e. The highest BCUT2D eigenvalue weighted by molar-refractivity contribution is 5.73. The number of carbonyl (C=O) groups is 1. The highest BCUT2D eigenvalue weighted by atomic mass is 16.5. The maximum atomic E-state index is 12.3. The average Bonchev–Trinajstić information content (AvgIpc) is 3.15. The second-order valence-electron chi connectivity index (χ2n) is 8.11. The van der Waals surface area contributed by atoms with Gasteiger partial charge in [0.1, 0.15) is 0 Å². The topological polar surface area (TPSA) is 26.3 Å². The van der Waals surface area contributed by atoms with Crippen molar-refractivity contribution in [1.82, 2.24) is 0 Å². The zero-order valence-electron chi connectivity index (χ0n) is 13.0. The Morgan fingerprint density at radius 3 is 2.40 bits per heavy atom. The summed E-state index contributed by atoms with van der Waals surface area (Å²) in [5, 5.41) is 0. The van der Waals surface area contributed by atoms with Crippen molar-refractivity contribution in [2.45, 2.75) is 46.5 Å². The quantitative estimate of drug-likeness (QED) is 0.579. The van der Waals surface area contributed by atoms with Gasteiger partial charge >= 0.3 is 5.97 Å². The molecule has 4 rings (SSSR count). The Balaban J connectivity index is 1.52. The molecule has 4 bridgehead atoms. The molecule has 4 aliphatic rings. The summed E-state index contributed by atoms with van der Waals surface area (Å²) in [5.74, 6) is 7.40. The van der Waals surface area contributed by atoms with Gasteiger partial charge in [0.2, 0.25) is 0 Å². The van der Waals surface area contributed by atoms with Gasteiger partial charge in [0.15, 0.2) is 0 Å². The standard InChI is InChI=1S/C18H28O2/c1-4-5-20-18(19)15-7-11-6-14(15)17-13-8-12(16(11)17)9(2)10(13)3/h9-17H,4-8H2,1-3H3. The van der Waals surface area contributed by atoms with E-state index in [4.69, 9.17) is 4.74 Å². The molecule has 0 spiro atoms. The van der Waals surface area contributed by atoms with Crippen LogP contribution in [0.25, 0.3) is 0 Å². The fraction of sp³-hybridized carbons (Fsp3) is 0.944. The van der Waals surface area contributed by atoms with E-state index in [0.717, 1.165) is 54.3 Å². The lowest BCUT2D eigenvalue weighted by Crippen LogP contribution is -2.40. The van der Waals surface area contributed by atoms with Crippen LogP contribution in [-0.4, -0.2) is 12.6 Å². The van der Waals surface area contributed by atoms with Gasteiger partial charge in [-0.2, -0.15) is 0 Å². The summed E-state index contributed by atoms with van der Waals surface area (Å²) in [4.78, 5) is 12.3. The Bertz CT molecular complexity index is 418. The predicted octanol–water partition coefficient (Wildman–Crippen LogP) is 3.75. The monoisotopic (exact) mass is 276 g/mol. The molecular formula is C18H28O2. The first-order chi connectivity index (χ1) is 9.63. The Morgan fingerprint density at radius 2 is 1.70 bits per heavy atom. The largest absolute Gasteiger partial charge is 0.465 e. The maximum absolute atomic E-state index is 12.3. The number of carbonyl (C=O) groups excluding carboxylic acids is 1. The molecule has 0 aliphatic heterocycles. The minimum atomic E-state index is 0.126. The van der Waals surface area contributed by atoms with E-state index in [2.05, 4.69) is 20.8 Å². The van der Waals surface area contributed by atoms with E-state index in [1.807, 2.05) is 0 Å². The zero-order valence-corrected chi connectivity index (χ0v) is 13.0. The molecule has 0 radical (unpaired) electrons. The third-order valence-corrected chi connectivity index (χ3v) is 7.60. The Hall–Kier alpha value is -0.530. The van der Waals surface area contributed by atoms with Crippen molar-refractivity contribution in [1.29, 1.82) is 0 Å². The molecule has 4 fully saturated rings. The Labute approximate surface area is 122 Å². The van der Waals surface area contributed by atoms with Crippen molar-refractivity contribution in [3.05, 3.63) is 0 Å². The molecule has 2 heteroatoms. The van der Waals surface area contributed by atoms with Gasteiger partial charge in [-0.15, -0.1) is 0 Å². The molecule has 0 amide bonds. The number of hydrogen-bond acceptors (Lipinski definition) is 2. The number of rotatable bonds is 3. The number of ether oxygens (including phenoxy) is 1. The van der Waals surface area contributed by atoms with Crippen molar-refractivity contribution in [3.63, 3.8) is 0 Å². The van der Waals surface area contributed by atoms with E-state index < -0.39 is 0 Å². The van der Waals surface area contributed by atoms with Crippen LogP contribution in [0.1, 0.15) is 46.5 Å². The van der Waals surface area contributed by atoms with Gasteiger partial charge in [0.05, 0.1) is 12.5 Å². The summed E-state index contributed by atoms with van der Waals surface area (Å²) in [6.07, 6.45) is 4.87. The maximum Gasteiger partial charge on any atom is 0.309 e. The van der Waals surface area contributed by atoms with Crippen molar-refractivity contribution in [2.24, 2.45) is 53.3 Å². The second-order valence-corrected chi connectivity index (χ2v) is 8.11. The van der Waals surface area contributed by atoms with Gasteiger partial charge in [0, 0.05) is 0 Å². The van der Waals surface area contributed by atoms with E-state index in [9.17, 15) is 4.79 Å². The van der Waals surface area contributed by atoms with Crippen molar-refractivity contribution < 1.29 is 9.53 Å². The molecule has 0 saturated heterocycles. The molecular weight excluding hydrogens is 248 g/mol. The van der Waals surface area contributed by atoms with E-state index in [1.54, 1.807) is 0 Å². The lowest BCUT2D eigenvalue weighted by Gasteiger charge is -2.43. The van der Waals surface area contributed by atoms with E-state index in [1.165, 1.54) is 12.8 Å². The SMILES string of the molecule is CCCOC(=O)C1CC2CC1C1C3CC(C(C)C3C)C21. The van der Waals surface area contributed by atoms with Crippen LogP contribution in [0.2, 0.25) is 0 Å². The molecule has 9 atom stereocenters. The van der Waals surface area contributed by atoms with Gasteiger partial charge in [-0.05, 0) is 73.0 Å². The summed E-state index contributed by atoms with van der Waals surface area (Å²) in [7, 11) is 0. The molecule has 0 aromatic heterocycles. The molecule has 112 valence electrons. The van der Waals surface area contributed by atoms with Gasteiger partial charge < -0.3 is 4.74 Å². The molecule has 4 saturated carbocycles. The third kappa shape index (κ3) is 1.54. The highest BCUT2D eigenvalue weighted by Gasteiger charge is 2.66. The van der Waals surface area contributed by atoms with Gasteiger partial charge in [0.25, 0.3) is 0 Å². The lowest BCUT2D eigenvalue weighted by atomic mass is 9.62. The molecule has 0 aromatic rings. The first-order valence-electron chi connectivity index (χ1n) is 8.80. The number of hydrogen-bond donors (Lipinski definition) is 0. The molecule has 0 heterocycles. The second kappa shape index (κ2) is 4.48. The predicted molar refractivity (Wildman–Crippen MR) is 77.9 cm³/mol. The summed E-state index contributed by atoms with van der Waals surface area (Å²) in [6, 6.07) is 0. The summed E-state index contributed by atoms with van der Waals surface area (Å²) < 4.78 is 5.47. The Kier molecular flexibility index (Phi) is 2.95. The fourth-order valence-electron chi connectivity index (χ4n) is 6.81. The van der Waals surface area contributed by atoms with Crippen LogP contribution >= 0.6 is 0 Å². The van der Waals surface area contributed by atoms with Gasteiger partial charge in [-0.25, -0.2) is 0 Å². The van der Waals surface area contributed by atoms with E-state index >= 15 is 0 Å². The molecule has 20 heavy (non-hydrogen) atoms. The van der Waals surface area contributed by atoms with E-state index in [-0.39, 0.29) is 11.9 Å². The third-order valence-electron chi connectivity index (χ3n) is 7.60. The molecule has 0 aromatic carbocycles. The van der Waals surface area contributed by atoms with Crippen LogP contribution in [0, 0.1) is 53.3 Å². The molecule has 9 unspecified atom stereocenters. The molecule has 4 aliphatic carbocycles. The van der Waals surface area contributed by atoms with E-state index in [0.29, 0.717) is 12.5 Å². The summed E-state index contributed by atoms with van der Waals surface area (Å²) in [6.45, 7) is 7.62. The van der Waals surface area contributed by atoms with Crippen LogP contribution in [0.15, 0.2) is 0 Å². The number of esters is 1. The van der Waals surface area contributed by atoms with Gasteiger partial charge in [-0.3, -0.25) is 4.79 Å². The number of fused-ring (bicyclic) bond motifs is 9. The zero-order chi connectivity index (χ0) is 14.0. The highest BCUT2D eigenvalue weighted by Crippen LogP contribution is 2.71. The van der Waals surface area contributed by atoms with Crippen LogP contribution < -0.4 is 0 Å². The van der Waals surface area contributed by atoms with Crippen molar-refractivity contribution in [2.75, 3.05) is 6.61 Å². The minimum absolute atomic E-state index is 0.126. The lowest BCUT2D eigenvalue weighted by molar-refractivity contribution is -0.152. The summed E-state index contributed by atoms with van der Waals surface area (Å²) in [5.41, 5.74) is 0. The Morgan fingerprint density at radius 1 is 1.00 bits per heavy atom. The first kappa shape index (κ1) is 13.2. The molecule has 2 nitrogen and oxygen atoms in total. The van der Waals surface area contributed by atoms with Crippen LogP contribution in [0.5, 0.6) is 0 Å². The van der Waals surface area contributed by atoms with Crippen molar-refractivity contribution >= 4 is 5.97 Å². The van der Waals surface area contributed by atoms with Gasteiger partial charge in [-0.1, -0.05) is 20.8 Å².